The lowest BCUT2D eigenvalue weighted by Gasteiger charge is -2.29. The topological polar surface area (TPSA) is 13.1 Å². The summed E-state index contributed by atoms with van der Waals surface area (Å²) in [7, 11) is 0. The highest BCUT2D eigenvalue weighted by Crippen LogP contribution is 2.47. The summed E-state index contributed by atoms with van der Waals surface area (Å²) in [5.41, 5.74) is 14.9. The quantitative estimate of drug-likeness (QED) is 0.156. The zero-order valence-electron chi connectivity index (χ0n) is 35.5. The fraction of sp³-hybridized carbons (Fsp3) is 0. The summed E-state index contributed by atoms with van der Waals surface area (Å²) in [4.78, 5) is 2.48. The zero-order chi connectivity index (χ0) is 42.8. The van der Waals surface area contributed by atoms with E-state index < -0.39 is 0 Å². The lowest BCUT2D eigenvalue weighted by Crippen LogP contribution is -2.12. The van der Waals surface area contributed by atoms with Crippen LogP contribution in [0.4, 0.5) is 17.1 Å². The second kappa shape index (κ2) is 15.0. The number of nitrogens with zero attached hydrogens (tertiary/aromatic N) is 3. The maximum absolute atomic E-state index is 2.48. The Labute approximate surface area is 376 Å². The standard InChI is InChI=1S/C62H41N3/c1-4-18-42(19-5-1)49-30-16-21-44-22-17-31-54(61(44)49)52-29-13-14-32-56(52)63(47-35-37-53-51-28-12-15-33-57(51)64(59(53)40-47)45-23-6-2-7-24-45)48-36-38-55-60(41-48)65(46-25-8-3-9-26-46)58-39-34-43-20-10-11-27-50(43)62(55)58/h1-41H. The van der Waals surface area contributed by atoms with Gasteiger partial charge in [-0.25, -0.2) is 0 Å². The van der Waals surface area contributed by atoms with Crippen LogP contribution in [0.15, 0.2) is 249 Å². The van der Waals surface area contributed by atoms with E-state index in [0.29, 0.717) is 0 Å². The molecular formula is C62H41N3. The highest BCUT2D eigenvalue weighted by Gasteiger charge is 2.24. The van der Waals surface area contributed by atoms with Crippen molar-refractivity contribution in [2.24, 2.45) is 0 Å². The second-order valence-corrected chi connectivity index (χ2v) is 16.9. The number of anilines is 3. The van der Waals surface area contributed by atoms with E-state index in [2.05, 4.69) is 263 Å². The maximum atomic E-state index is 2.48. The van der Waals surface area contributed by atoms with Crippen molar-refractivity contribution in [3.05, 3.63) is 249 Å². The number of benzene rings is 11. The van der Waals surface area contributed by atoms with Gasteiger partial charge in [-0.2, -0.15) is 0 Å². The van der Waals surface area contributed by atoms with Crippen LogP contribution in [0.2, 0.25) is 0 Å². The Morgan fingerprint density at radius 1 is 0.277 bits per heavy atom. The molecule has 13 rings (SSSR count). The number of fused-ring (bicyclic) bond motifs is 9. The smallest absolute Gasteiger partial charge is 0.0562 e. The molecule has 0 bridgehead atoms. The SMILES string of the molecule is c1ccc(-c2cccc3cccc(-c4ccccc4N(c4ccc5c6ccccc6n(-c6ccccc6)c5c4)c4ccc5c6c7ccccc7ccc6n(-c6ccccc6)c5c4)c23)cc1. The van der Waals surface area contributed by atoms with Gasteiger partial charge in [0.05, 0.1) is 27.8 Å². The van der Waals surface area contributed by atoms with E-state index in [0.717, 1.165) is 45.0 Å². The summed E-state index contributed by atoms with van der Waals surface area (Å²) >= 11 is 0. The van der Waals surface area contributed by atoms with E-state index in [4.69, 9.17) is 0 Å². The summed E-state index contributed by atoms with van der Waals surface area (Å²) in [5.74, 6) is 0. The average molecular weight is 828 g/mol. The second-order valence-electron chi connectivity index (χ2n) is 16.9. The summed E-state index contributed by atoms with van der Waals surface area (Å²) < 4.78 is 4.86. The van der Waals surface area contributed by atoms with Crippen LogP contribution in [0.25, 0.3) is 98.8 Å². The van der Waals surface area contributed by atoms with Crippen LogP contribution in [-0.2, 0) is 0 Å². The Morgan fingerprint density at radius 3 is 1.54 bits per heavy atom. The van der Waals surface area contributed by atoms with Gasteiger partial charge in [-0.15, -0.1) is 0 Å². The molecule has 304 valence electrons. The van der Waals surface area contributed by atoms with Crippen LogP contribution in [-0.4, -0.2) is 9.13 Å². The molecule has 65 heavy (non-hydrogen) atoms. The van der Waals surface area contributed by atoms with Gasteiger partial charge >= 0.3 is 0 Å². The Balaban J connectivity index is 1.13. The summed E-state index contributed by atoms with van der Waals surface area (Å²) in [6.07, 6.45) is 0. The molecule has 3 nitrogen and oxygen atoms in total. The normalized spacial score (nSPS) is 11.7. The Morgan fingerprint density at radius 2 is 0.800 bits per heavy atom. The minimum atomic E-state index is 1.07. The summed E-state index contributed by atoms with van der Waals surface area (Å²) in [5, 5.41) is 9.87. The van der Waals surface area contributed by atoms with E-state index in [1.807, 2.05) is 0 Å². The summed E-state index contributed by atoms with van der Waals surface area (Å²) in [6.45, 7) is 0. The van der Waals surface area contributed by atoms with Gasteiger partial charge in [-0.3, -0.25) is 0 Å². The number of hydrogen-bond acceptors (Lipinski definition) is 1. The average Bonchev–Trinajstić information content (AvgIpc) is 3.89. The van der Waals surface area contributed by atoms with Crippen LogP contribution in [0.3, 0.4) is 0 Å². The minimum absolute atomic E-state index is 1.07. The molecule has 0 saturated heterocycles. The zero-order valence-corrected chi connectivity index (χ0v) is 35.5. The fourth-order valence-corrected chi connectivity index (χ4v) is 10.5. The first-order chi connectivity index (χ1) is 32.3. The molecule has 3 heteroatoms. The first kappa shape index (κ1) is 36.9. The molecule has 0 radical (unpaired) electrons. The monoisotopic (exact) mass is 827 g/mol. The van der Waals surface area contributed by atoms with Crippen molar-refractivity contribution >= 4 is 82.2 Å². The predicted molar refractivity (Wildman–Crippen MR) is 276 cm³/mol. The molecule has 0 aliphatic heterocycles. The maximum Gasteiger partial charge on any atom is 0.0562 e. The molecule has 0 N–H and O–H groups in total. The highest BCUT2D eigenvalue weighted by molar-refractivity contribution is 6.22. The number of rotatable bonds is 7. The Bertz CT molecular complexity index is 3930. The van der Waals surface area contributed by atoms with Gasteiger partial charge in [0.1, 0.15) is 0 Å². The van der Waals surface area contributed by atoms with Crippen molar-refractivity contribution in [3.63, 3.8) is 0 Å². The van der Waals surface area contributed by atoms with E-state index in [1.165, 1.54) is 70.8 Å². The van der Waals surface area contributed by atoms with Crippen molar-refractivity contribution in [2.75, 3.05) is 4.90 Å². The Hall–Kier alpha value is -8.66. The molecule has 2 aromatic heterocycles. The van der Waals surface area contributed by atoms with Crippen LogP contribution >= 0.6 is 0 Å². The first-order valence-electron chi connectivity index (χ1n) is 22.4. The van der Waals surface area contributed by atoms with E-state index in [-0.39, 0.29) is 0 Å². The third-order valence-corrected chi connectivity index (χ3v) is 13.3. The largest absolute Gasteiger partial charge is 0.310 e. The molecule has 11 aromatic carbocycles. The molecule has 0 aliphatic carbocycles. The van der Waals surface area contributed by atoms with E-state index in [9.17, 15) is 0 Å². The lowest BCUT2D eigenvalue weighted by molar-refractivity contribution is 1.17. The van der Waals surface area contributed by atoms with Crippen molar-refractivity contribution < 1.29 is 0 Å². The van der Waals surface area contributed by atoms with Crippen LogP contribution in [0, 0.1) is 0 Å². The van der Waals surface area contributed by atoms with Crippen LogP contribution < -0.4 is 4.90 Å². The van der Waals surface area contributed by atoms with Gasteiger partial charge in [0.15, 0.2) is 0 Å². The molecule has 0 saturated carbocycles. The predicted octanol–water partition coefficient (Wildman–Crippen LogP) is 17.0. The minimum Gasteiger partial charge on any atom is -0.310 e. The van der Waals surface area contributed by atoms with Gasteiger partial charge in [-0.1, -0.05) is 182 Å². The van der Waals surface area contributed by atoms with Gasteiger partial charge in [-0.05, 0) is 105 Å². The van der Waals surface area contributed by atoms with Crippen molar-refractivity contribution in [2.45, 2.75) is 0 Å². The molecule has 0 aliphatic rings. The van der Waals surface area contributed by atoms with Gasteiger partial charge < -0.3 is 14.0 Å². The fourth-order valence-electron chi connectivity index (χ4n) is 10.5. The van der Waals surface area contributed by atoms with Gasteiger partial charge in [0.25, 0.3) is 0 Å². The molecule has 0 amide bonds. The number of hydrogen-bond donors (Lipinski definition) is 0. The van der Waals surface area contributed by atoms with Crippen LogP contribution in [0.5, 0.6) is 0 Å². The van der Waals surface area contributed by atoms with Crippen molar-refractivity contribution in [1.82, 2.24) is 9.13 Å². The number of aromatic nitrogens is 2. The molecule has 2 heterocycles. The molecule has 0 spiro atoms. The van der Waals surface area contributed by atoms with Crippen molar-refractivity contribution in [1.29, 1.82) is 0 Å². The Kier molecular flexibility index (Phi) is 8.53. The third-order valence-electron chi connectivity index (χ3n) is 13.3. The highest BCUT2D eigenvalue weighted by atomic mass is 15.1. The van der Waals surface area contributed by atoms with Crippen LogP contribution in [0.1, 0.15) is 0 Å². The molecule has 0 fully saturated rings. The molecule has 0 atom stereocenters. The summed E-state index contributed by atoms with van der Waals surface area (Å²) in [6, 6.07) is 90.9. The molecule has 13 aromatic rings. The first-order valence-corrected chi connectivity index (χ1v) is 22.4. The number of para-hydroxylation sites is 4. The van der Waals surface area contributed by atoms with Gasteiger partial charge in [0.2, 0.25) is 0 Å². The van der Waals surface area contributed by atoms with Gasteiger partial charge in [0, 0.05) is 49.9 Å². The van der Waals surface area contributed by atoms with Crippen molar-refractivity contribution in [3.8, 4) is 33.6 Å². The lowest BCUT2D eigenvalue weighted by atomic mass is 9.90. The molecule has 0 unspecified atom stereocenters. The molecular weight excluding hydrogens is 787 g/mol. The third kappa shape index (κ3) is 5.90. The van der Waals surface area contributed by atoms with E-state index in [1.54, 1.807) is 0 Å². The van der Waals surface area contributed by atoms with E-state index >= 15 is 0 Å².